The minimum Gasteiger partial charge on any atom is -0.496 e. The van der Waals surface area contributed by atoms with Gasteiger partial charge in [0.2, 0.25) is 5.82 Å². The van der Waals surface area contributed by atoms with Crippen molar-refractivity contribution in [2.75, 3.05) is 18.7 Å². The monoisotopic (exact) mass is 476 g/mol. The molecule has 0 aliphatic heterocycles. The fourth-order valence-corrected chi connectivity index (χ4v) is 3.00. The molecule has 1 aromatic carbocycles. The van der Waals surface area contributed by atoms with Gasteiger partial charge in [-0.1, -0.05) is 6.08 Å². The summed E-state index contributed by atoms with van der Waals surface area (Å²) >= 11 is 0. The van der Waals surface area contributed by atoms with E-state index in [0.29, 0.717) is 6.20 Å². The van der Waals surface area contributed by atoms with Crippen LogP contribution < -0.4 is 15.4 Å². The van der Waals surface area contributed by atoms with E-state index in [-0.39, 0.29) is 23.4 Å². The lowest BCUT2D eigenvalue weighted by Gasteiger charge is -2.16. The molecule has 0 spiro atoms. The molecule has 0 fully saturated rings. The quantitative estimate of drug-likeness (QED) is 0.564. The van der Waals surface area contributed by atoms with Crippen molar-refractivity contribution in [3.63, 3.8) is 0 Å². The number of amides is 1. The maximum atomic E-state index is 13.6. The Morgan fingerprint density at radius 1 is 1.31 bits per heavy atom. The van der Waals surface area contributed by atoms with Gasteiger partial charge in [0.1, 0.15) is 22.9 Å². The van der Waals surface area contributed by atoms with E-state index < -0.39 is 45.4 Å². The summed E-state index contributed by atoms with van der Waals surface area (Å²) in [4.78, 5) is 19.2. The molecular formula is C19H20F4N4O4S. The highest BCUT2D eigenvalue weighted by atomic mass is 32.2. The van der Waals surface area contributed by atoms with Crippen LogP contribution in [0.2, 0.25) is 0 Å². The molecule has 1 atom stereocenters. The maximum absolute atomic E-state index is 13.6. The van der Waals surface area contributed by atoms with Crippen LogP contribution in [-0.2, 0) is 22.6 Å². The Balaban J connectivity index is 2.34. The summed E-state index contributed by atoms with van der Waals surface area (Å²) in [5.74, 6) is -3.10. The number of nitrogens with zero attached hydrogens (tertiary/aromatic N) is 2. The normalized spacial score (nSPS) is 13.1. The van der Waals surface area contributed by atoms with E-state index >= 15 is 0 Å². The Labute approximate surface area is 181 Å². The largest absolute Gasteiger partial charge is 0.496 e. The molecule has 13 heteroatoms. The van der Waals surface area contributed by atoms with Crippen LogP contribution in [0, 0.1) is 5.82 Å². The van der Waals surface area contributed by atoms with Crippen LogP contribution in [0.4, 0.5) is 23.4 Å². The molecule has 2 N–H and O–H groups in total. The molecular weight excluding hydrogens is 456 g/mol. The number of alkyl halides is 3. The number of hydrogen-bond donors (Lipinski definition) is 2. The zero-order valence-corrected chi connectivity index (χ0v) is 18.0. The van der Waals surface area contributed by atoms with E-state index in [4.69, 9.17) is 4.74 Å². The van der Waals surface area contributed by atoms with Gasteiger partial charge in [0.25, 0.3) is 5.91 Å². The average molecular weight is 476 g/mol. The van der Waals surface area contributed by atoms with Gasteiger partial charge in [0, 0.05) is 36.0 Å². The van der Waals surface area contributed by atoms with E-state index in [1.54, 1.807) is 0 Å². The first kappa shape index (κ1) is 25.0. The van der Waals surface area contributed by atoms with Gasteiger partial charge in [-0.3, -0.25) is 4.79 Å². The molecule has 0 bridgehead atoms. The molecule has 0 radical (unpaired) electrons. The standard InChI is InChI=1S/C19H20F4N4O4S/c1-11(6-7-32(3,29)30)26-17(28)14-10-25-18(19(21,22)23)27-16(14)24-9-12-8-13(20)4-5-15(12)31-2/h4-8,10-11H,9H2,1-3H3,(H,26,28)(H,24,25,27)/b7-6+/t11-/m0/s1. The third kappa shape index (κ3) is 7.18. The van der Waals surface area contributed by atoms with Crippen LogP contribution in [0.25, 0.3) is 0 Å². The van der Waals surface area contributed by atoms with Crippen molar-refractivity contribution >= 4 is 21.6 Å². The summed E-state index contributed by atoms with van der Waals surface area (Å²) in [6.07, 6.45) is -2.01. The fourth-order valence-electron chi connectivity index (χ4n) is 2.48. The fraction of sp³-hybridized carbons (Fsp3) is 0.316. The number of methoxy groups -OCH3 is 1. The van der Waals surface area contributed by atoms with Crippen LogP contribution in [0.3, 0.4) is 0 Å². The first-order chi connectivity index (χ1) is 14.8. The second-order valence-corrected chi connectivity index (χ2v) is 8.61. The molecule has 1 aromatic heterocycles. The van der Waals surface area contributed by atoms with Gasteiger partial charge in [-0.15, -0.1) is 0 Å². The number of hydrogen-bond acceptors (Lipinski definition) is 7. The molecule has 32 heavy (non-hydrogen) atoms. The van der Waals surface area contributed by atoms with Crippen LogP contribution in [0.5, 0.6) is 5.75 Å². The summed E-state index contributed by atoms with van der Waals surface area (Å²) < 4.78 is 80.3. The Morgan fingerprint density at radius 3 is 2.59 bits per heavy atom. The number of carbonyl (C=O) groups is 1. The zero-order chi connectivity index (χ0) is 24.1. The molecule has 2 rings (SSSR count). The Morgan fingerprint density at radius 2 is 2.00 bits per heavy atom. The lowest BCUT2D eigenvalue weighted by Crippen LogP contribution is -2.32. The Hall–Kier alpha value is -3.22. The van der Waals surface area contributed by atoms with Crippen molar-refractivity contribution in [1.82, 2.24) is 15.3 Å². The predicted molar refractivity (Wildman–Crippen MR) is 108 cm³/mol. The van der Waals surface area contributed by atoms with E-state index in [1.165, 1.54) is 26.2 Å². The summed E-state index contributed by atoms with van der Waals surface area (Å²) in [6.45, 7) is 1.26. The molecule has 2 aromatic rings. The molecule has 1 heterocycles. The van der Waals surface area contributed by atoms with Crippen molar-refractivity contribution < 1.29 is 35.5 Å². The second-order valence-electron chi connectivity index (χ2n) is 6.68. The van der Waals surface area contributed by atoms with Gasteiger partial charge >= 0.3 is 6.18 Å². The van der Waals surface area contributed by atoms with Gasteiger partial charge in [-0.05, 0) is 25.1 Å². The number of nitrogens with one attached hydrogen (secondary N) is 2. The summed E-state index contributed by atoms with van der Waals surface area (Å²) in [6, 6.07) is 2.85. The number of rotatable bonds is 8. The van der Waals surface area contributed by atoms with Crippen LogP contribution >= 0.6 is 0 Å². The summed E-state index contributed by atoms with van der Waals surface area (Å²) in [5, 5.41) is 5.89. The SMILES string of the molecule is COc1ccc(F)cc1CNc1nc(C(F)(F)F)ncc1C(=O)N[C@@H](C)/C=C/S(C)(=O)=O. The van der Waals surface area contributed by atoms with Gasteiger partial charge in [-0.25, -0.2) is 22.8 Å². The third-order valence-electron chi connectivity index (χ3n) is 3.95. The first-order valence-corrected chi connectivity index (χ1v) is 10.9. The van der Waals surface area contributed by atoms with Gasteiger partial charge in [0.05, 0.1) is 7.11 Å². The van der Waals surface area contributed by atoms with Crippen LogP contribution in [-0.4, -0.2) is 43.7 Å². The van der Waals surface area contributed by atoms with E-state index in [9.17, 15) is 30.8 Å². The first-order valence-electron chi connectivity index (χ1n) is 9.00. The Bertz CT molecular complexity index is 1120. The van der Waals surface area contributed by atoms with Crippen molar-refractivity contribution in [3.8, 4) is 5.75 Å². The number of anilines is 1. The molecule has 0 aliphatic carbocycles. The highest BCUT2D eigenvalue weighted by Crippen LogP contribution is 2.28. The maximum Gasteiger partial charge on any atom is 0.451 e. The number of sulfone groups is 1. The van der Waals surface area contributed by atoms with E-state index in [2.05, 4.69) is 20.6 Å². The molecule has 174 valence electrons. The molecule has 8 nitrogen and oxygen atoms in total. The second kappa shape index (κ2) is 9.94. The topological polar surface area (TPSA) is 110 Å². The van der Waals surface area contributed by atoms with Crippen molar-refractivity contribution in [1.29, 1.82) is 0 Å². The number of carbonyl (C=O) groups excluding carboxylic acids is 1. The molecule has 1 amide bonds. The van der Waals surface area contributed by atoms with Crippen molar-refractivity contribution in [2.45, 2.75) is 25.7 Å². The van der Waals surface area contributed by atoms with Crippen molar-refractivity contribution in [2.24, 2.45) is 0 Å². The number of halogens is 4. The molecule has 0 unspecified atom stereocenters. The zero-order valence-electron chi connectivity index (χ0n) is 17.2. The minimum absolute atomic E-state index is 0.209. The summed E-state index contributed by atoms with van der Waals surface area (Å²) in [7, 11) is -2.09. The molecule has 0 saturated carbocycles. The number of benzene rings is 1. The van der Waals surface area contributed by atoms with Crippen molar-refractivity contribution in [3.05, 3.63) is 58.6 Å². The van der Waals surface area contributed by atoms with Gasteiger partial charge < -0.3 is 15.4 Å². The van der Waals surface area contributed by atoms with Crippen LogP contribution in [0.15, 0.2) is 35.9 Å². The van der Waals surface area contributed by atoms with E-state index in [1.807, 2.05) is 0 Å². The van der Waals surface area contributed by atoms with E-state index in [0.717, 1.165) is 23.8 Å². The predicted octanol–water partition coefficient (Wildman–Crippen LogP) is 2.93. The smallest absolute Gasteiger partial charge is 0.451 e. The molecule has 0 aliphatic rings. The number of ether oxygens (including phenoxy) is 1. The summed E-state index contributed by atoms with van der Waals surface area (Å²) in [5.41, 5.74) is -0.0524. The lowest BCUT2D eigenvalue weighted by atomic mass is 10.2. The highest BCUT2D eigenvalue weighted by molar-refractivity contribution is 7.93. The Kier molecular flexibility index (Phi) is 7.78. The van der Waals surface area contributed by atoms with Gasteiger partial charge in [0.15, 0.2) is 9.84 Å². The van der Waals surface area contributed by atoms with Gasteiger partial charge in [-0.2, -0.15) is 13.2 Å². The highest BCUT2D eigenvalue weighted by Gasteiger charge is 2.35. The lowest BCUT2D eigenvalue weighted by molar-refractivity contribution is -0.144. The van der Waals surface area contributed by atoms with Crippen LogP contribution in [0.1, 0.15) is 28.7 Å². The number of aromatic nitrogens is 2. The molecule has 0 saturated heterocycles. The minimum atomic E-state index is -4.87. The third-order valence-corrected chi connectivity index (χ3v) is 4.60. The average Bonchev–Trinajstić information content (AvgIpc) is 2.69.